The van der Waals surface area contributed by atoms with Crippen molar-refractivity contribution in [3.63, 3.8) is 0 Å². The molecule has 0 saturated carbocycles. The lowest BCUT2D eigenvalue weighted by Gasteiger charge is -2.32. The molecule has 19 heavy (non-hydrogen) atoms. The maximum absolute atomic E-state index is 10.7. The van der Waals surface area contributed by atoms with Gasteiger partial charge in [-0.15, -0.1) is 0 Å². The van der Waals surface area contributed by atoms with Crippen molar-refractivity contribution in [3.05, 3.63) is 34.9 Å². The third kappa shape index (κ3) is 4.04. The van der Waals surface area contributed by atoms with Gasteiger partial charge in [-0.1, -0.05) is 23.8 Å². The summed E-state index contributed by atoms with van der Waals surface area (Å²) in [6.45, 7) is 7.25. The Balaban J connectivity index is 1.98. The first kappa shape index (κ1) is 14.0. The number of aryl methyl sites for hydroxylation is 2. The Kier molecular flexibility index (Phi) is 4.56. The highest BCUT2D eigenvalue weighted by Crippen LogP contribution is 2.16. The van der Waals surface area contributed by atoms with E-state index >= 15 is 0 Å². The van der Waals surface area contributed by atoms with E-state index in [1.54, 1.807) is 0 Å². The highest BCUT2D eigenvalue weighted by molar-refractivity contribution is 5.67. The van der Waals surface area contributed by atoms with Crippen LogP contribution in [0.1, 0.15) is 23.1 Å². The highest BCUT2D eigenvalue weighted by atomic mass is 16.5. The van der Waals surface area contributed by atoms with Crippen LogP contribution in [0.15, 0.2) is 18.2 Å². The topological polar surface area (TPSA) is 49.8 Å². The number of hydrogen-bond donors (Lipinski definition) is 1. The Morgan fingerprint density at radius 3 is 3.00 bits per heavy atom. The zero-order valence-electron chi connectivity index (χ0n) is 11.6. The van der Waals surface area contributed by atoms with Crippen molar-refractivity contribution in [3.8, 4) is 0 Å². The van der Waals surface area contributed by atoms with E-state index in [0.29, 0.717) is 13.2 Å². The second-order valence-electron chi connectivity index (χ2n) is 5.26. The molecule has 1 heterocycles. The number of ether oxygens (including phenoxy) is 1. The van der Waals surface area contributed by atoms with Crippen molar-refractivity contribution < 1.29 is 14.6 Å². The minimum Gasteiger partial charge on any atom is -0.481 e. The largest absolute Gasteiger partial charge is 0.481 e. The number of hydrogen-bond acceptors (Lipinski definition) is 3. The molecule has 1 fully saturated rings. The van der Waals surface area contributed by atoms with Crippen molar-refractivity contribution in [2.45, 2.75) is 32.9 Å². The predicted octanol–water partition coefficient (Wildman–Crippen LogP) is 1.98. The molecule has 4 heteroatoms. The van der Waals surface area contributed by atoms with Crippen molar-refractivity contribution in [1.29, 1.82) is 0 Å². The second kappa shape index (κ2) is 6.17. The molecule has 1 N–H and O–H groups in total. The Hall–Kier alpha value is -1.39. The summed E-state index contributed by atoms with van der Waals surface area (Å²) in [7, 11) is 0. The number of carbonyl (C=O) groups is 1. The molecule has 0 bridgehead atoms. The van der Waals surface area contributed by atoms with Gasteiger partial charge in [-0.05, 0) is 25.0 Å². The lowest BCUT2D eigenvalue weighted by Crippen LogP contribution is -2.42. The van der Waals surface area contributed by atoms with Crippen molar-refractivity contribution in [1.82, 2.24) is 4.90 Å². The molecule has 0 amide bonds. The Bertz CT molecular complexity index is 459. The summed E-state index contributed by atoms with van der Waals surface area (Å²) in [5.74, 6) is -0.793. The Morgan fingerprint density at radius 1 is 1.47 bits per heavy atom. The summed E-state index contributed by atoms with van der Waals surface area (Å²) in [5.41, 5.74) is 3.86. The van der Waals surface area contributed by atoms with Crippen molar-refractivity contribution >= 4 is 5.97 Å². The zero-order chi connectivity index (χ0) is 13.8. The monoisotopic (exact) mass is 263 g/mol. The van der Waals surface area contributed by atoms with Gasteiger partial charge in [0.05, 0.1) is 19.1 Å². The normalized spacial score (nSPS) is 20.4. The molecule has 1 aromatic carbocycles. The van der Waals surface area contributed by atoms with Gasteiger partial charge in [0.15, 0.2) is 0 Å². The molecule has 1 aliphatic rings. The predicted molar refractivity (Wildman–Crippen MR) is 73.2 cm³/mol. The zero-order valence-corrected chi connectivity index (χ0v) is 11.6. The van der Waals surface area contributed by atoms with Gasteiger partial charge < -0.3 is 9.84 Å². The number of carboxylic acids is 1. The van der Waals surface area contributed by atoms with Gasteiger partial charge in [0.2, 0.25) is 0 Å². The van der Waals surface area contributed by atoms with E-state index in [2.05, 4.69) is 36.9 Å². The van der Waals surface area contributed by atoms with E-state index in [1.807, 2.05) is 0 Å². The lowest BCUT2D eigenvalue weighted by molar-refractivity contribution is -0.142. The first-order chi connectivity index (χ1) is 9.04. The van der Waals surface area contributed by atoms with Crippen LogP contribution in [0.4, 0.5) is 0 Å². The van der Waals surface area contributed by atoms with Gasteiger partial charge >= 0.3 is 5.97 Å². The van der Waals surface area contributed by atoms with Gasteiger partial charge in [-0.2, -0.15) is 0 Å². The molecular weight excluding hydrogens is 242 g/mol. The maximum Gasteiger partial charge on any atom is 0.306 e. The first-order valence-corrected chi connectivity index (χ1v) is 6.66. The average molecular weight is 263 g/mol. The van der Waals surface area contributed by atoms with Gasteiger partial charge in [-0.25, -0.2) is 0 Å². The molecule has 0 spiro atoms. The van der Waals surface area contributed by atoms with Gasteiger partial charge in [0.25, 0.3) is 0 Å². The fourth-order valence-corrected chi connectivity index (χ4v) is 2.45. The smallest absolute Gasteiger partial charge is 0.306 e. The Labute approximate surface area is 114 Å². The molecule has 1 saturated heterocycles. The van der Waals surface area contributed by atoms with E-state index in [0.717, 1.165) is 13.1 Å². The van der Waals surface area contributed by atoms with Crippen LogP contribution in [0.25, 0.3) is 0 Å². The summed E-state index contributed by atoms with van der Waals surface area (Å²) in [5, 5.41) is 8.82. The molecule has 1 aliphatic heterocycles. The van der Waals surface area contributed by atoms with E-state index in [-0.39, 0.29) is 12.5 Å². The molecule has 0 aromatic heterocycles. The standard InChI is InChI=1S/C15H21NO3/c1-11-3-4-12(2)13(7-11)9-16-5-6-19-14(10-16)8-15(17)18/h3-4,7,14H,5-6,8-10H2,1-2H3,(H,17,18). The van der Waals surface area contributed by atoms with Crippen LogP contribution in [0, 0.1) is 13.8 Å². The fraction of sp³-hybridized carbons (Fsp3) is 0.533. The molecular formula is C15H21NO3. The van der Waals surface area contributed by atoms with Crippen LogP contribution in [-0.4, -0.2) is 41.8 Å². The number of nitrogens with zero attached hydrogens (tertiary/aromatic N) is 1. The van der Waals surface area contributed by atoms with E-state index in [4.69, 9.17) is 9.84 Å². The lowest BCUT2D eigenvalue weighted by atomic mass is 10.0. The summed E-state index contributed by atoms with van der Waals surface area (Å²) in [6.07, 6.45) is -0.0973. The maximum atomic E-state index is 10.7. The molecule has 1 unspecified atom stereocenters. The van der Waals surface area contributed by atoms with Crippen molar-refractivity contribution in [2.24, 2.45) is 0 Å². The molecule has 2 rings (SSSR count). The van der Waals surface area contributed by atoms with Crippen LogP contribution < -0.4 is 0 Å². The summed E-state index contributed by atoms with van der Waals surface area (Å²) >= 11 is 0. The van der Waals surface area contributed by atoms with E-state index in [9.17, 15) is 4.79 Å². The third-order valence-electron chi connectivity index (χ3n) is 3.52. The minimum absolute atomic E-state index is 0.0866. The van der Waals surface area contributed by atoms with Crippen LogP contribution in [-0.2, 0) is 16.1 Å². The summed E-state index contributed by atoms with van der Waals surface area (Å²) in [6, 6.07) is 6.46. The molecule has 0 radical (unpaired) electrons. The van der Waals surface area contributed by atoms with Crippen molar-refractivity contribution in [2.75, 3.05) is 19.7 Å². The number of aliphatic carboxylic acids is 1. The first-order valence-electron chi connectivity index (χ1n) is 6.66. The number of rotatable bonds is 4. The van der Waals surface area contributed by atoms with Gasteiger partial charge in [0.1, 0.15) is 0 Å². The van der Waals surface area contributed by atoms with Crippen LogP contribution in [0.3, 0.4) is 0 Å². The molecule has 1 atom stereocenters. The van der Waals surface area contributed by atoms with E-state index < -0.39 is 5.97 Å². The molecule has 4 nitrogen and oxygen atoms in total. The summed E-state index contributed by atoms with van der Waals surface area (Å²) in [4.78, 5) is 13.0. The third-order valence-corrected chi connectivity index (χ3v) is 3.52. The van der Waals surface area contributed by atoms with Gasteiger partial charge in [0, 0.05) is 19.6 Å². The summed E-state index contributed by atoms with van der Waals surface area (Å²) < 4.78 is 5.49. The SMILES string of the molecule is Cc1ccc(C)c(CN2CCOC(CC(=O)O)C2)c1. The Morgan fingerprint density at radius 2 is 2.26 bits per heavy atom. The number of carboxylic acid groups (broad SMARTS) is 1. The number of benzene rings is 1. The molecule has 104 valence electrons. The van der Waals surface area contributed by atoms with Gasteiger partial charge in [-0.3, -0.25) is 9.69 Å². The average Bonchev–Trinajstić information content (AvgIpc) is 2.33. The molecule has 1 aromatic rings. The van der Waals surface area contributed by atoms with E-state index in [1.165, 1.54) is 16.7 Å². The highest BCUT2D eigenvalue weighted by Gasteiger charge is 2.22. The molecule has 0 aliphatic carbocycles. The minimum atomic E-state index is -0.793. The van der Waals surface area contributed by atoms with Crippen LogP contribution >= 0.6 is 0 Å². The number of morpholine rings is 1. The quantitative estimate of drug-likeness (QED) is 0.902. The second-order valence-corrected chi connectivity index (χ2v) is 5.26. The fourth-order valence-electron chi connectivity index (χ4n) is 2.45. The van der Waals surface area contributed by atoms with Crippen LogP contribution in [0.2, 0.25) is 0 Å². The van der Waals surface area contributed by atoms with Crippen LogP contribution in [0.5, 0.6) is 0 Å².